The Morgan fingerprint density at radius 3 is 2.30 bits per heavy atom. The molecule has 1 aliphatic carbocycles. The molecule has 1 fully saturated rings. The lowest BCUT2D eigenvalue weighted by Crippen LogP contribution is -2.48. The molecule has 0 heterocycles. The fraction of sp³-hybridized carbons (Fsp3) is 1.00. The number of nitrogens with zero attached hydrogens (tertiary/aromatic N) is 1. The molecule has 0 aromatic heterocycles. The summed E-state index contributed by atoms with van der Waals surface area (Å²) in [7, 11) is -3.38. The summed E-state index contributed by atoms with van der Waals surface area (Å²) in [5.74, 6) is 0.315. The van der Waals surface area contributed by atoms with E-state index in [0.717, 1.165) is 32.1 Å². The zero-order valence-corrected chi connectivity index (χ0v) is 13.8. The van der Waals surface area contributed by atoms with Crippen LogP contribution >= 0.6 is 0 Å². The minimum absolute atomic E-state index is 0.147. The molecule has 1 rings (SSSR count). The fourth-order valence-electron chi connectivity index (χ4n) is 2.65. The van der Waals surface area contributed by atoms with Crippen LogP contribution in [0.25, 0.3) is 0 Å². The molecule has 0 bridgehead atoms. The maximum absolute atomic E-state index is 12.5. The summed E-state index contributed by atoms with van der Waals surface area (Å²) in [6.07, 6.45) is 7.38. The van der Waals surface area contributed by atoms with Crippen molar-refractivity contribution in [3.05, 3.63) is 0 Å². The quantitative estimate of drug-likeness (QED) is 0.672. The molecule has 1 saturated carbocycles. The number of nitrogens with two attached hydrogens (primary N) is 1. The summed E-state index contributed by atoms with van der Waals surface area (Å²) in [6, 6.07) is 0.147. The summed E-state index contributed by atoms with van der Waals surface area (Å²) in [5, 5.41) is 0. The largest absolute Gasteiger partial charge is 0.330 e. The molecule has 0 unspecified atom stereocenters. The van der Waals surface area contributed by atoms with E-state index in [0.29, 0.717) is 25.6 Å². The summed E-state index contributed by atoms with van der Waals surface area (Å²) < 4.78 is 29.5. The van der Waals surface area contributed by atoms with Gasteiger partial charge in [-0.25, -0.2) is 4.72 Å². The Labute approximate surface area is 124 Å². The van der Waals surface area contributed by atoms with Gasteiger partial charge in [0.2, 0.25) is 0 Å². The van der Waals surface area contributed by atoms with E-state index in [1.807, 2.05) is 13.8 Å². The van der Waals surface area contributed by atoms with E-state index in [1.54, 1.807) is 4.31 Å². The molecule has 20 heavy (non-hydrogen) atoms. The van der Waals surface area contributed by atoms with Gasteiger partial charge in [-0.3, -0.25) is 0 Å². The molecular formula is C14H31N3O2S. The molecule has 0 aliphatic heterocycles. The summed E-state index contributed by atoms with van der Waals surface area (Å²) in [5.41, 5.74) is 5.56. The molecule has 1 aliphatic rings. The third-order valence-electron chi connectivity index (χ3n) is 3.80. The van der Waals surface area contributed by atoms with Crippen molar-refractivity contribution in [1.29, 1.82) is 0 Å². The van der Waals surface area contributed by atoms with Gasteiger partial charge >= 0.3 is 0 Å². The van der Waals surface area contributed by atoms with E-state index in [4.69, 9.17) is 5.73 Å². The van der Waals surface area contributed by atoms with Crippen molar-refractivity contribution < 1.29 is 8.42 Å². The molecule has 0 aromatic rings. The second-order valence-corrected chi connectivity index (χ2v) is 7.85. The number of hydrogen-bond acceptors (Lipinski definition) is 3. The minimum atomic E-state index is -3.38. The third-order valence-corrected chi connectivity index (χ3v) is 5.43. The van der Waals surface area contributed by atoms with E-state index in [2.05, 4.69) is 4.72 Å². The minimum Gasteiger partial charge on any atom is -0.330 e. The standard InChI is InChI=1S/C14H31N3O2S/c1-13(2)12-16-20(18,19)17(11-7-10-15)14-8-5-3-4-6-9-14/h13-14,16H,3-12,15H2,1-2H3. The van der Waals surface area contributed by atoms with E-state index >= 15 is 0 Å². The first kappa shape index (κ1) is 17.9. The fourth-order valence-corrected chi connectivity index (χ4v) is 4.33. The van der Waals surface area contributed by atoms with Crippen molar-refractivity contribution in [3.8, 4) is 0 Å². The molecule has 0 aromatic carbocycles. The Hall–Kier alpha value is -0.170. The molecule has 0 amide bonds. The SMILES string of the molecule is CC(C)CNS(=O)(=O)N(CCCN)C1CCCCCC1. The maximum atomic E-state index is 12.5. The third kappa shape index (κ3) is 6.08. The second-order valence-electron chi connectivity index (χ2n) is 6.15. The zero-order chi connectivity index (χ0) is 15.0. The summed E-state index contributed by atoms with van der Waals surface area (Å²) in [6.45, 7) is 5.59. The second kappa shape index (κ2) is 8.97. The Bertz CT molecular complexity index is 349. The zero-order valence-electron chi connectivity index (χ0n) is 13.0. The summed E-state index contributed by atoms with van der Waals surface area (Å²) in [4.78, 5) is 0. The van der Waals surface area contributed by atoms with Crippen molar-refractivity contribution >= 4 is 10.2 Å². The number of nitrogens with one attached hydrogen (secondary N) is 1. The first-order valence-electron chi connectivity index (χ1n) is 7.94. The molecule has 0 radical (unpaired) electrons. The number of rotatable bonds is 8. The predicted molar refractivity (Wildman–Crippen MR) is 83.6 cm³/mol. The first-order chi connectivity index (χ1) is 9.47. The van der Waals surface area contributed by atoms with Gasteiger partial charge in [-0.2, -0.15) is 12.7 Å². The van der Waals surface area contributed by atoms with Crippen molar-refractivity contribution in [2.24, 2.45) is 11.7 Å². The van der Waals surface area contributed by atoms with Crippen LogP contribution in [0.15, 0.2) is 0 Å². The highest BCUT2D eigenvalue weighted by Gasteiger charge is 2.29. The predicted octanol–water partition coefficient (Wildman–Crippen LogP) is 1.85. The van der Waals surface area contributed by atoms with Gasteiger partial charge in [0.15, 0.2) is 0 Å². The van der Waals surface area contributed by atoms with Crippen LogP contribution in [0.2, 0.25) is 0 Å². The van der Waals surface area contributed by atoms with E-state index in [1.165, 1.54) is 12.8 Å². The van der Waals surface area contributed by atoms with Crippen LogP contribution in [0.5, 0.6) is 0 Å². The lowest BCUT2D eigenvalue weighted by atomic mass is 10.1. The van der Waals surface area contributed by atoms with Gasteiger partial charge in [0.25, 0.3) is 10.2 Å². The van der Waals surface area contributed by atoms with Crippen molar-refractivity contribution in [2.75, 3.05) is 19.6 Å². The van der Waals surface area contributed by atoms with Gasteiger partial charge in [-0.1, -0.05) is 39.5 Å². The van der Waals surface area contributed by atoms with Crippen LogP contribution in [0.1, 0.15) is 58.8 Å². The molecule has 0 saturated heterocycles. The lowest BCUT2D eigenvalue weighted by molar-refractivity contribution is 0.286. The monoisotopic (exact) mass is 305 g/mol. The van der Waals surface area contributed by atoms with Crippen LogP contribution in [0.3, 0.4) is 0 Å². The highest BCUT2D eigenvalue weighted by Crippen LogP contribution is 2.23. The molecule has 0 atom stereocenters. The van der Waals surface area contributed by atoms with Crippen molar-refractivity contribution in [2.45, 2.75) is 64.8 Å². The van der Waals surface area contributed by atoms with E-state index < -0.39 is 10.2 Å². The van der Waals surface area contributed by atoms with Gasteiger partial charge in [-0.05, 0) is 31.7 Å². The Morgan fingerprint density at radius 2 is 1.80 bits per heavy atom. The normalized spacial score (nSPS) is 18.6. The Balaban J connectivity index is 2.74. The van der Waals surface area contributed by atoms with E-state index in [9.17, 15) is 8.42 Å². The Kier molecular flexibility index (Phi) is 8.02. The molecule has 120 valence electrons. The molecule has 3 N–H and O–H groups in total. The lowest BCUT2D eigenvalue weighted by Gasteiger charge is -2.30. The van der Waals surface area contributed by atoms with Gasteiger partial charge in [-0.15, -0.1) is 0 Å². The number of hydrogen-bond donors (Lipinski definition) is 2. The highest BCUT2D eigenvalue weighted by molar-refractivity contribution is 7.87. The van der Waals surface area contributed by atoms with Gasteiger partial charge < -0.3 is 5.73 Å². The van der Waals surface area contributed by atoms with Gasteiger partial charge in [0, 0.05) is 19.1 Å². The van der Waals surface area contributed by atoms with Crippen LogP contribution < -0.4 is 10.5 Å². The molecule has 5 nitrogen and oxygen atoms in total. The van der Waals surface area contributed by atoms with Gasteiger partial charge in [0.1, 0.15) is 0 Å². The average Bonchev–Trinajstić information content (AvgIpc) is 2.66. The van der Waals surface area contributed by atoms with Crippen molar-refractivity contribution in [1.82, 2.24) is 9.03 Å². The van der Waals surface area contributed by atoms with Crippen LogP contribution in [0, 0.1) is 5.92 Å². The smallest absolute Gasteiger partial charge is 0.279 e. The summed E-state index contributed by atoms with van der Waals surface area (Å²) >= 11 is 0. The molecular weight excluding hydrogens is 274 g/mol. The molecule has 6 heteroatoms. The van der Waals surface area contributed by atoms with Crippen LogP contribution in [-0.2, 0) is 10.2 Å². The average molecular weight is 305 g/mol. The van der Waals surface area contributed by atoms with Gasteiger partial charge in [0.05, 0.1) is 0 Å². The molecule has 0 spiro atoms. The first-order valence-corrected chi connectivity index (χ1v) is 9.38. The van der Waals surface area contributed by atoms with Crippen molar-refractivity contribution in [3.63, 3.8) is 0 Å². The highest BCUT2D eigenvalue weighted by atomic mass is 32.2. The van der Waals surface area contributed by atoms with Crippen LogP contribution in [-0.4, -0.2) is 38.4 Å². The van der Waals surface area contributed by atoms with Crippen LogP contribution in [0.4, 0.5) is 0 Å². The Morgan fingerprint density at radius 1 is 1.20 bits per heavy atom. The van der Waals surface area contributed by atoms with E-state index in [-0.39, 0.29) is 6.04 Å². The maximum Gasteiger partial charge on any atom is 0.279 e. The topological polar surface area (TPSA) is 75.4 Å².